The van der Waals surface area contributed by atoms with Crippen molar-refractivity contribution in [3.63, 3.8) is 0 Å². The molecule has 4 aliphatic rings. The van der Waals surface area contributed by atoms with Crippen LogP contribution in [0, 0.1) is 23.7 Å². The molecule has 7 rings (SSSR count). The van der Waals surface area contributed by atoms with E-state index in [0.717, 1.165) is 48.8 Å². The van der Waals surface area contributed by atoms with Crippen LogP contribution in [0.25, 0.3) is 10.4 Å². The molecule has 3 aromatic carbocycles. The van der Waals surface area contributed by atoms with Gasteiger partial charge in [-0.05, 0) is 61.2 Å². The number of hydrogen-bond donors (Lipinski definition) is 2. The zero-order chi connectivity index (χ0) is 53.8. The number of carbonyl (C=O) groups excluding carboxylic acids is 3. The van der Waals surface area contributed by atoms with Gasteiger partial charge in [0.15, 0.2) is 18.7 Å². The van der Waals surface area contributed by atoms with Crippen LogP contribution >= 0.6 is 0 Å². The van der Waals surface area contributed by atoms with Crippen LogP contribution in [0.3, 0.4) is 0 Å². The molecule has 2 N–H and O–H groups in total. The van der Waals surface area contributed by atoms with Gasteiger partial charge in [-0.1, -0.05) is 141 Å². The fourth-order valence-corrected chi connectivity index (χ4v) is 10.6. The molecule has 0 aromatic heterocycles. The summed E-state index contributed by atoms with van der Waals surface area (Å²) >= 11 is 0. The molecule has 2 aliphatic heterocycles. The van der Waals surface area contributed by atoms with Crippen LogP contribution in [0.15, 0.2) is 109 Å². The second-order valence-corrected chi connectivity index (χ2v) is 20.0. The van der Waals surface area contributed by atoms with E-state index >= 15 is 0 Å². The number of ether oxygens (including phenoxy) is 10. The summed E-state index contributed by atoms with van der Waals surface area (Å²) in [6, 6.07) is 27.4. The maximum atomic E-state index is 14.3. The number of rotatable bonds is 25. The molecule has 2 aliphatic carbocycles. The number of hydrogen-bond acceptors (Lipinski definition) is 15. The number of methoxy groups -OCH3 is 1. The van der Waals surface area contributed by atoms with Crippen LogP contribution in [0.5, 0.6) is 0 Å². The van der Waals surface area contributed by atoms with Crippen molar-refractivity contribution in [1.29, 1.82) is 0 Å². The van der Waals surface area contributed by atoms with Crippen molar-refractivity contribution in [2.45, 2.75) is 165 Å². The van der Waals surface area contributed by atoms with Crippen molar-refractivity contribution < 1.29 is 68.2 Å². The van der Waals surface area contributed by atoms with Gasteiger partial charge in [0.05, 0.1) is 57.3 Å². The number of aliphatic hydroxyl groups is 1. The Morgan fingerprint density at radius 2 is 1.49 bits per heavy atom. The van der Waals surface area contributed by atoms with Gasteiger partial charge in [0.1, 0.15) is 43.6 Å². The fourth-order valence-electron chi connectivity index (χ4n) is 10.6. The van der Waals surface area contributed by atoms with Crippen LogP contribution in [0.2, 0.25) is 0 Å². The summed E-state index contributed by atoms with van der Waals surface area (Å²) in [6.07, 6.45) is -4.56. The molecule has 4 fully saturated rings. The number of benzene rings is 3. The van der Waals surface area contributed by atoms with Crippen molar-refractivity contribution in [2.75, 3.05) is 26.9 Å². The van der Waals surface area contributed by atoms with Gasteiger partial charge in [-0.15, -0.1) is 6.58 Å². The lowest BCUT2D eigenvalue weighted by molar-refractivity contribution is -0.341. The Morgan fingerprint density at radius 1 is 0.853 bits per heavy atom. The Morgan fingerprint density at radius 3 is 2.11 bits per heavy atom. The quantitative estimate of drug-likeness (QED) is 0.0204. The highest BCUT2D eigenvalue weighted by Gasteiger charge is 2.53. The zero-order valence-electron chi connectivity index (χ0n) is 44.4. The average Bonchev–Trinajstić information content (AvgIpc) is 3.48. The number of aliphatic hydroxyl groups excluding tert-OH is 1. The molecule has 408 valence electrons. The van der Waals surface area contributed by atoms with E-state index in [9.17, 15) is 25.0 Å². The lowest BCUT2D eigenvalue weighted by Gasteiger charge is -2.50. The SMILES string of the molecule is [3H]CCOC[C@@H]1O[C@@H](O[C@@H]2CC(C(=O)OC)CC(C=C)[C@H]2O[C@@H]2OC(C)[C@@H](C)[C@H](OCc3ccccc3)C2OCc2ccccc2)C(NC(=O)CN=[N+]=[N-])C(O[C@@H](CC2CCCCC2)C(=O)OCc2ccccc2)[C@H]1O. The minimum atomic E-state index is -1.55. The molecule has 2 saturated heterocycles. The van der Waals surface area contributed by atoms with E-state index in [-0.39, 0.29) is 70.5 Å². The smallest absolute Gasteiger partial charge is 0.335 e. The Kier molecular flexibility index (Phi) is 21.9. The van der Waals surface area contributed by atoms with Crippen LogP contribution < -0.4 is 5.32 Å². The summed E-state index contributed by atoms with van der Waals surface area (Å²) < 4.78 is 72.7. The summed E-state index contributed by atoms with van der Waals surface area (Å²) in [5.74, 6) is -3.23. The Hall–Kier alpha value is -5.24. The molecule has 0 bridgehead atoms. The first-order chi connectivity index (χ1) is 37.0. The highest BCUT2D eigenvalue weighted by Crippen LogP contribution is 2.41. The lowest BCUT2D eigenvalue weighted by atomic mass is 9.77. The Balaban J connectivity index is 1.25. The van der Waals surface area contributed by atoms with Gasteiger partial charge in [-0.25, -0.2) is 4.79 Å². The third-order valence-corrected chi connectivity index (χ3v) is 14.9. The maximum absolute atomic E-state index is 14.3. The van der Waals surface area contributed by atoms with Gasteiger partial charge in [0, 0.05) is 24.7 Å². The molecule has 15 atom stereocenters. The largest absolute Gasteiger partial charge is 0.469 e. The standard InChI is InChI=1S/C57H76N4O14/c1-6-42-29-43(54(64)66-5)30-44(51(42)75-57-53(69-33-40-24-16-10-17-25-40)50(36(3)37(4)71-57)68-32-39-22-14-9-15-23-39)73-56-48(60-47(62)31-59-61-58)52(49(63)46(74-56)35-67-7-2)72-45(28-38-20-12-8-13-21-38)55(65)70-34-41-26-18-11-19-27-41/h6,9-11,14-19,22-27,36-38,42-46,48-53,56-57,63H,1,7-8,12-13,20-21,28-35H2,2-5H3,(H,60,62)/t36-,37?,42?,43?,44-,45+,46+,48?,49+,50+,51-,52?,53?,56-,57+/m1/s1/i2T. The lowest BCUT2D eigenvalue weighted by Crippen LogP contribution is -2.67. The number of amides is 1. The first-order valence-electron chi connectivity index (χ1n) is 27.0. The summed E-state index contributed by atoms with van der Waals surface area (Å²) in [5.41, 5.74) is 11.9. The molecule has 3 aromatic rings. The van der Waals surface area contributed by atoms with Crippen molar-refractivity contribution >= 4 is 17.8 Å². The minimum absolute atomic E-state index is 0.00836. The number of carbonyl (C=O) groups is 3. The van der Waals surface area contributed by atoms with E-state index < -0.39 is 104 Å². The number of azide groups is 1. The van der Waals surface area contributed by atoms with Crippen LogP contribution in [-0.2, 0) is 81.6 Å². The molecule has 6 unspecified atom stereocenters. The first-order valence-corrected chi connectivity index (χ1v) is 26.3. The van der Waals surface area contributed by atoms with E-state index in [1.54, 1.807) is 6.08 Å². The van der Waals surface area contributed by atoms with Crippen LogP contribution in [-0.4, -0.2) is 123 Å². The number of esters is 2. The molecule has 1 amide bonds. The van der Waals surface area contributed by atoms with Crippen molar-refractivity contribution in [2.24, 2.45) is 28.8 Å². The molecule has 0 spiro atoms. The third-order valence-electron chi connectivity index (χ3n) is 14.9. The minimum Gasteiger partial charge on any atom is -0.469 e. The monoisotopic (exact) mass is 1040 g/mol. The molecular weight excluding hydrogens is 965 g/mol. The number of nitrogens with zero attached hydrogens (tertiary/aromatic N) is 3. The normalized spacial score (nSPS) is 30.7. The fraction of sp³-hybridized carbons (Fsp3) is 0.596. The predicted octanol–water partition coefficient (Wildman–Crippen LogP) is 8.08. The van der Waals surface area contributed by atoms with Gasteiger partial charge in [-0.3, -0.25) is 9.59 Å². The zero-order valence-corrected chi connectivity index (χ0v) is 43.4. The highest BCUT2D eigenvalue weighted by atomic mass is 16.7. The molecule has 75 heavy (non-hydrogen) atoms. The van der Waals surface area contributed by atoms with E-state index in [1.807, 2.05) is 105 Å². The average molecular weight is 1040 g/mol. The molecule has 18 heteroatoms. The second kappa shape index (κ2) is 29.3. The maximum Gasteiger partial charge on any atom is 0.335 e. The van der Waals surface area contributed by atoms with Gasteiger partial charge < -0.3 is 57.8 Å². The van der Waals surface area contributed by atoms with Crippen molar-refractivity contribution in [1.82, 2.24) is 5.32 Å². The third kappa shape index (κ3) is 16.1. The molecule has 2 heterocycles. The van der Waals surface area contributed by atoms with Gasteiger partial charge in [-0.2, -0.15) is 0 Å². The van der Waals surface area contributed by atoms with E-state index in [1.165, 1.54) is 7.11 Å². The molecule has 0 radical (unpaired) electrons. The molecule has 2 saturated carbocycles. The summed E-state index contributed by atoms with van der Waals surface area (Å²) in [4.78, 5) is 44.4. The Bertz CT molecular complexity index is 2300. The van der Waals surface area contributed by atoms with Gasteiger partial charge >= 0.3 is 11.9 Å². The van der Waals surface area contributed by atoms with Crippen molar-refractivity contribution in [3.8, 4) is 0 Å². The number of nitrogens with one attached hydrogen (secondary N) is 1. The predicted molar refractivity (Wildman–Crippen MR) is 275 cm³/mol. The van der Waals surface area contributed by atoms with Crippen LogP contribution in [0.1, 0.15) is 90.2 Å². The second-order valence-electron chi connectivity index (χ2n) is 20.0. The van der Waals surface area contributed by atoms with E-state index in [2.05, 4.69) is 21.9 Å². The summed E-state index contributed by atoms with van der Waals surface area (Å²) in [6.45, 7) is 7.73. The topological polar surface area (TPSA) is 225 Å². The van der Waals surface area contributed by atoms with Crippen molar-refractivity contribution in [3.05, 3.63) is 131 Å². The van der Waals surface area contributed by atoms with Gasteiger partial charge in [0.2, 0.25) is 5.91 Å². The first kappa shape index (κ1) is 56.0. The Labute approximate surface area is 442 Å². The highest BCUT2D eigenvalue weighted by molar-refractivity contribution is 5.78. The van der Waals surface area contributed by atoms with E-state index in [4.69, 9.17) is 48.7 Å². The van der Waals surface area contributed by atoms with Crippen LogP contribution in [0.4, 0.5) is 0 Å². The molecule has 18 nitrogen and oxygen atoms in total. The summed E-state index contributed by atoms with van der Waals surface area (Å²) in [5, 5.41) is 18.7. The van der Waals surface area contributed by atoms with Gasteiger partial charge in [0.25, 0.3) is 0 Å². The van der Waals surface area contributed by atoms with E-state index in [0.29, 0.717) is 6.61 Å². The molecular formula is C57H76N4O14. The summed E-state index contributed by atoms with van der Waals surface area (Å²) in [7, 11) is 1.31.